The second-order valence-electron chi connectivity index (χ2n) is 8.48. The lowest BCUT2D eigenvalue weighted by Crippen LogP contribution is -2.00. The molecule has 0 saturated carbocycles. The van der Waals surface area contributed by atoms with Gasteiger partial charge in [0, 0.05) is 21.9 Å². The van der Waals surface area contributed by atoms with Crippen LogP contribution in [0.3, 0.4) is 0 Å². The zero-order chi connectivity index (χ0) is 23.2. The van der Waals surface area contributed by atoms with Gasteiger partial charge in [-0.2, -0.15) is 0 Å². The summed E-state index contributed by atoms with van der Waals surface area (Å²) < 4.78 is 6.30. The molecule has 7 aromatic rings. The number of benzene rings is 5. The van der Waals surface area contributed by atoms with E-state index < -0.39 is 0 Å². The maximum absolute atomic E-state index is 6.30. The van der Waals surface area contributed by atoms with E-state index in [1.54, 1.807) is 0 Å². The van der Waals surface area contributed by atoms with Crippen molar-refractivity contribution in [3.05, 3.63) is 115 Å². The average molecular weight is 450 g/mol. The molecule has 0 aliphatic rings. The van der Waals surface area contributed by atoms with Crippen LogP contribution in [0.25, 0.3) is 66.9 Å². The first-order valence-electron chi connectivity index (χ1n) is 11.6. The van der Waals surface area contributed by atoms with E-state index in [1.165, 1.54) is 0 Å². The lowest BCUT2D eigenvalue weighted by Gasteiger charge is -2.10. The molecule has 0 bridgehead atoms. The summed E-state index contributed by atoms with van der Waals surface area (Å²) in [5.74, 6) is 1.86. The summed E-state index contributed by atoms with van der Waals surface area (Å²) in [6.45, 7) is 0. The van der Waals surface area contributed by atoms with Crippen LogP contribution in [0.15, 0.2) is 120 Å². The molecule has 0 atom stereocenters. The summed E-state index contributed by atoms with van der Waals surface area (Å²) in [6, 6.07) is 38.8. The molecule has 4 heteroatoms. The lowest BCUT2D eigenvalue weighted by molar-refractivity contribution is 0.669. The Morgan fingerprint density at radius 1 is 0.429 bits per heavy atom. The molecule has 35 heavy (non-hydrogen) atoms. The van der Waals surface area contributed by atoms with Crippen molar-refractivity contribution in [1.29, 1.82) is 0 Å². The number of hydrogen-bond acceptors (Lipinski definition) is 4. The van der Waals surface area contributed by atoms with E-state index in [4.69, 9.17) is 19.4 Å². The summed E-state index contributed by atoms with van der Waals surface area (Å²) >= 11 is 0. The molecule has 0 aliphatic carbocycles. The standard InChI is InChI=1S/C31H19N3O/c1-2-11-21(12-3-1)29-32-30(25-17-8-13-20-10-4-5-14-22(20)25)34-31(33-29)26-18-9-16-24-23-15-6-7-19-27(23)35-28(24)26/h1-19H. The fourth-order valence-corrected chi connectivity index (χ4v) is 4.68. The Balaban J connectivity index is 1.53. The van der Waals surface area contributed by atoms with Crippen LogP contribution in [-0.2, 0) is 0 Å². The Hall–Kier alpha value is -4.83. The number of hydrogen-bond donors (Lipinski definition) is 0. The van der Waals surface area contributed by atoms with E-state index in [0.717, 1.165) is 49.4 Å². The third-order valence-electron chi connectivity index (χ3n) is 6.34. The first-order valence-corrected chi connectivity index (χ1v) is 11.6. The molecule has 0 amide bonds. The predicted molar refractivity (Wildman–Crippen MR) is 141 cm³/mol. The highest BCUT2D eigenvalue weighted by Crippen LogP contribution is 2.36. The minimum absolute atomic E-state index is 0.589. The van der Waals surface area contributed by atoms with Gasteiger partial charge in [0.15, 0.2) is 17.5 Å². The van der Waals surface area contributed by atoms with E-state index in [0.29, 0.717) is 17.5 Å². The van der Waals surface area contributed by atoms with Gasteiger partial charge in [-0.3, -0.25) is 0 Å². The van der Waals surface area contributed by atoms with Crippen LogP contribution in [0, 0.1) is 0 Å². The van der Waals surface area contributed by atoms with Gasteiger partial charge in [0.25, 0.3) is 0 Å². The third kappa shape index (κ3) is 3.27. The molecule has 4 nitrogen and oxygen atoms in total. The smallest absolute Gasteiger partial charge is 0.167 e. The molecule has 0 N–H and O–H groups in total. The molecule has 0 saturated heterocycles. The second-order valence-corrected chi connectivity index (χ2v) is 8.48. The zero-order valence-electron chi connectivity index (χ0n) is 18.7. The fraction of sp³-hybridized carbons (Fsp3) is 0. The molecule has 0 spiro atoms. The largest absolute Gasteiger partial charge is 0.455 e. The van der Waals surface area contributed by atoms with Gasteiger partial charge in [-0.15, -0.1) is 0 Å². The van der Waals surface area contributed by atoms with Crippen molar-refractivity contribution >= 4 is 32.7 Å². The quantitative estimate of drug-likeness (QED) is 0.275. The molecule has 7 rings (SSSR count). The molecule has 5 aromatic carbocycles. The first kappa shape index (κ1) is 19.6. The fourth-order valence-electron chi connectivity index (χ4n) is 4.68. The van der Waals surface area contributed by atoms with Crippen molar-refractivity contribution in [2.45, 2.75) is 0 Å². The molecule has 0 unspecified atom stereocenters. The highest BCUT2D eigenvalue weighted by molar-refractivity contribution is 6.09. The van der Waals surface area contributed by atoms with Gasteiger partial charge in [-0.05, 0) is 22.9 Å². The molecule has 0 fully saturated rings. The number of aromatic nitrogens is 3. The number of para-hydroxylation sites is 2. The maximum atomic E-state index is 6.30. The highest BCUT2D eigenvalue weighted by Gasteiger charge is 2.18. The van der Waals surface area contributed by atoms with Gasteiger partial charge in [0.05, 0.1) is 5.56 Å². The number of fused-ring (bicyclic) bond motifs is 4. The average Bonchev–Trinajstić information content (AvgIpc) is 3.32. The topological polar surface area (TPSA) is 51.8 Å². The van der Waals surface area contributed by atoms with Crippen LogP contribution >= 0.6 is 0 Å². The molecule has 0 aliphatic heterocycles. The normalized spacial score (nSPS) is 11.4. The minimum atomic E-state index is 0.589. The van der Waals surface area contributed by atoms with Crippen molar-refractivity contribution in [3.8, 4) is 34.2 Å². The van der Waals surface area contributed by atoms with Crippen LogP contribution in [0.2, 0.25) is 0 Å². The molecule has 2 heterocycles. The van der Waals surface area contributed by atoms with Crippen molar-refractivity contribution < 1.29 is 4.42 Å². The minimum Gasteiger partial charge on any atom is -0.455 e. The maximum Gasteiger partial charge on any atom is 0.167 e. The van der Waals surface area contributed by atoms with Crippen molar-refractivity contribution in [1.82, 2.24) is 15.0 Å². The van der Waals surface area contributed by atoms with Crippen LogP contribution in [-0.4, -0.2) is 15.0 Å². The molecular weight excluding hydrogens is 430 g/mol. The zero-order valence-corrected chi connectivity index (χ0v) is 18.7. The van der Waals surface area contributed by atoms with Gasteiger partial charge in [-0.25, -0.2) is 15.0 Å². The first-order chi connectivity index (χ1) is 17.3. The van der Waals surface area contributed by atoms with E-state index in [1.807, 2.05) is 78.9 Å². The van der Waals surface area contributed by atoms with E-state index >= 15 is 0 Å². The number of nitrogens with zero attached hydrogens (tertiary/aromatic N) is 3. The summed E-state index contributed by atoms with van der Waals surface area (Å²) in [7, 11) is 0. The van der Waals surface area contributed by atoms with Crippen molar-refractivity contribution in [3.63, 3.8) is 0 Å². The number of furan rings is 1. The SMILES string of the molecule is c1ccc(-c2nc(-c3cccc4ccccc34)nc(-c3cccc4c3oc3ccccc34)n2)cc1. The molecule has 0 radical (unpaired) electrons. The summed E-state index contributed by atoms with van der Waals surface area (Å²) in [6.07, 6.45) is 0. The van der Waals surface area contributed by atoms with Gasteiger partial charge < -0.3 is 4.42 Å². The van der Waals surface area contributed by atoms with Gasteiger partial charge in [-0.1, -0.05) is 103 Å². The summed E-state index contributed by atoms with van der Waals surface area (Å²) in [4.78, 5) is 14.8. The predicted octanol–water partition coefficient (Wildman–Crippen LogP) is 7.93. The third-order valence-corrected chi connectivity index (χ3v) is 6.34. The Bertz CT molecular complexity index is 1850. The Kier molecular flexibility index (Phi) is 4.42. The second kappa shape index (κ2) is 7.89. The summed E-state index contributed by atoms with van der Waals surface area (Å²) in [5.41, 5.74) is 4.39. The van der Waals surface area contributed by atoms with Crippen LogP contribution in [0.1, 0.15) is 0 Å². The van der Waals surface area contributed by atoms with Crippen molar-refractivity contribution in [2.75, 3.05) is 0 Å². The Morgan fingerprint density at radius 2 is 1.03 bits per heavy atom. The van der Waals surface area contributed by atoms with Gasteiger partial charge in [0.1, 0.15) is 11.2 Å². The molecule has 2 aromatic heterocycles. The van der Waals surface area contributed by atoms with Crippen LogP contribution in [0.4, 0.5) is 0 Å². The molecular formula is C31H19N3O. The van der Waals surface area contributed by atoms with Crippen LogP contribution in [0.5, 0.6) is 0 Å². The lowest BCUT2D eigenvalue weighted by atomic mass is 10.0. The highest BCUT2D eigenvalue weighted by atomic mass is 16.3. The monoisotopic (exact) mass is 449 g/mol. The van der Waals surface area contributed by atoms with Gasteiger partial charge in [0.2, 0.25) is 0 Å². The molecule has 164 valence electrons. The van der Waals surface area contributed by atoms with E-state index in [2.05, 4.69) is 36.4 Å². The Morgan fingerprint density at radius 3 is 1.91 bits per heavy atom. The summed E-state index contributed by atoms with van der Waals surface area (Å²) in [5, 5.41) is 4.38. The van der Waals surface area contributed by atoms with Crippen molar-refractivity contribution in [2.24, 2.45) is 0 Å². The number of rotatable bonds is 3. The van der Waals surface area contributed by atoms with E-state index in [-0.39, 0.29) is 0 Å². The van der Waals surface area contributed by atoms with Gasteiger partial charge >= 0.3 is 0 Å². The van der Waals surface area contributed by atoms with Crippen LogP contribution < -0.4 is 0 Å². The van der Waals surface area contributed by atoms with E-state index in [9.17, 15) is 0 Å². The Labute approximate surface area is 201 Å².